The number of alkyl halides is 1. The Morgan fingerprint density at radius 1 is 1.38 bits per heavy atom. The standard InChI is InChI=1S/C13H19ClN2/c1-16(12-7-3-2-4-8-12)13-11(10-14)6-5-9-15-13/h5-6,9,12H,2-4,7-8,10H2,1H3. The van der Waals surface area contributed by atoms with E-state index in [2.05, 4.69) is 23.0 Å². The van der Waals surface area contributed by atoms with Gasteiger partial charge in [-0.2, -0.15) is 0 Å². The van der Waals surface area contributed by atoms with E-state index in [0.717, 1.165) is 11.4 Å². The number of hydrogen-bond acceptors (Lipinski definition) is 2. The molecule has 1 heterocycles. The van der Waals surface area contributed by atoms with E-state index in [1.165, 1.54) is 32.1 Å². The van der Waals surface area contributed by atoms with Crippen LogP contribution in [0.3, 0.4) is 0 Å². The molecule has 2 rings (SSSR count). The van der Waals surface area contributed by atoms with Gasteiger partial charge in [0.15, 0.2) is 0 Å². The molecule has 0 aliphatic heterocycles. The van der Waals surface area contributed by atoms with Crippen molar-refractivity contribution in [3.63, 3.8) is 0 Å². The van der Waals surface area contributed by atoms with Crippen molar-refractivity contribution in [2.45, 2.75) is 44.0 Å². The van der Waals surface area contributed by atoms with Crippen molar-refractivity contribution >= 4 is 17.4 Å². The van der Waals surface area contributed by atoms with Crippen molar-refractivity contribution in [1.82, 2.24) is 4.98 Å². The minimum atomic E-state index is 0.542. The molecule has 0 aromatic carbocycles. The molecule has 16 heavy (non-hydrogen) atoms. The number of pyridine rings is 1. The summed E-state index contributed by atoms with van der Waals surface area (Å²) in [6.07, 6.45) is 8.50. The molecule has 1 aromatic rings. The first kappa shape index (κ1) is 11.7. The normalized spacial score (nSPS) is 17.4. The molecule has 1 aliphatic carbocycles. The Morgan fingerprint density at radius 3 is 2.81 bits per heavy atom. The summed E-state index contributed by atoms with van der Waals surface area (Å²) < 4.78 is 0. The third-order valence-electron chi connectivity index (χ3n) is 3.47. The first-order valence-corrected chi connectivity index (χ1v) is 6.59. The third-order valence-corrected chi connectivity index (χ3v) is 3.76. The maximum absolute atomic E-state index is 5.95. The molecule has 2 nitrogen and oxygen atoms in total. The second-order valence-electron chi connectivity index (χ2n) is 4.52. The number of halogens is 1. The Hall–Kier alpha value is -0.760. The van der Waals surface area contributed by atoms with E-state index in [1.807, 2.05) is 12.3 Å². The van der Waals surface area contributed by atoms with E-state index in [0.29, 0.717) is 11.9 Å². The fraction of sp³-hybridized carbons (Fsp3) is 0.615. The molecule has 1 fully saturated rings. The molecule has 0 unspecified atom stereocenters. The summed E-state index contributed by atoms with van der Waals surface area (Å²) in [7, 11) is 2.15. The van der Waals surface area contributed by atoms with Crippen LogP contribution in [0.1, 0.15) is 37.7 Å². The van der Waals surface area contributed by atoms with Crippen LogP contribution in [0.4, 0.5) is 5.82 Å². The maximum Gasteiger partial charge on any atom is 0.132 e. The highest BCUT2D eigenvalue weighted by atomic mass is 35.5. The molecule has 0 bridgehead atoms. The molecular formula is C13H19ClN2. The first-order valence-electron chi connectivity index (χ1n) is 6.05. The smallest absolute Gasteiger partial charge is 0.132 e. The number of aromatic nitrogens is 1. The summed E-state index contributed by atoms with van der Waals surface area (Å²) in [5.41, 5.74) is 1.14. The van der Waals surface area contributed by atoms with E-state index in [9.17, 15) is 0 Å². The van der Waals surface area contributed by atoms with Crippen LogP contribution in [0.2, 0.25) is 0 Å². The van der Waals surface area contributed by atoms with E-state index in [-0.39, 0.29) is 0 Å². The van der Waals surface area contributed by atoms with Crippen LogP contribution in [-0.4, -0.2) is 18.1 Å². The zero-order chi connectivity index (χ0) is 11.4. The van der Waals surface area contributed by atoms with Crippen molar-refractivity contribution < 1.29 is 0 Å². The molecule has 0 spiro atoms. The zero-order valence-electron chi connectivity index (χ0n) is 9.82. The predicted molar refractivity (Wildman–Crippen MR) is 69.1 cm³/mol. The topological polar surface area (TPSA) is 16.1 Å². The van der Waals surface area contributed by atoms with Crippen LogP contribution in [-0.2, 0) is 5.88 Å². The Labute approximate surface area is 103 Å². The van der Waals surface area contributed by atoms with Crippen LogP contribution >= 0.6 is 11.6 Å². The Balaban J connectivity index is 2.15. The van der Waals surface area contributed by atoms with E-state index in [1.54, 1.807) is 0 Å². The summed E-state index contributed by atoms with van der Waals surface area (Å²) in [4.78, 5) is 6.78. The van der Waals surface area contributed by atoms with Crippen molar-refractivity contribution in [2.24, 2.45) is 0 Å². The molecule has 1 aliphatic rings. The molecule has 3 heteroatoms. The Morgan fingerprint density at radius 2 is 2.12 bits per heavy atom. The summed E-state index contributed by atoms with van der Waals surface area (Å²) in [6, 6.07) is 4.66. The highest BCUT2D eigenvalue weighted by Gasteiger charge is 2.20. The highest BCUT2D eigenvalue weighted by Crippen LogP contribution is 2.27. The fourth-order valence-corrected chi connectivity index (χ4v) is 2.70. The molecule has 0 atom stereocenters. The summed E-state index contributed by atoms with van der Waals surface area (Å²) in [5, 5.41) is 0. The van der Waals surface area contributed by atoms with Gasteiger partial charge in [0.1, 0.15) is 5.82 Å². The van der Waals surface area contributed by atoms with E-state index >= 15 is 0 Å². The van der Waals surface area contributed by atoms with Crippen molar-refractivity contribution in [3.8, 4) is 0 Å². The summed E-state index contributed by atoms with van der Waals surface area (Å²) in [6.45, 7) is 0. The second-order valence-corrected chi connectivity index (χ2v) is 4.79. The largest absolute Gasteiger partial charge is 0.356 e. The summed E-state index contributed by atoms with van der Waals surface area (Å²) in [5.74, 6) is 1.60. The molecule has 0 amide bonds. The lowest BCUT2D eigenvalue weighted by Gasteiger charge is -2.33. The van der Waals surface area contributed by atoms with Gasteiger partial charge in [0.25, 0.3) is 0 Å². The number of anilines is 1. The van der Waals surface area contributed by atoms with Crippen molar-refractivity contribution in [2.75, 3.05) is 11.9 Å². The Bertz CT molecular complexity index is 334. The number of hydrogen-bond donors (Lipinski definition) is 0. The average Bonchev–Trinajstić information content (AvgIpc) is 2.39. The molecule has 0 saturated heterocycles. The maximum atomic E-state index is 5.95. The summed E-state index contributed by atoms with van der Waals surface area (Å²) >= 11 is 5.95. The van der Waals surface area contributed by atoms with Gasteiger partial charge in [0.05, 0.1) is 5.88 Å². The predicted octanol–water partition coefficient (Wildman–Crippen LogP) is 3.59. The van der Waals surface area contributed by atoms with Crippen molar-refractivity contribution in [1.29, 1.82) is 0 Å². The van der Waals surface area contributed by atoms with E-state index in [4.69, 9.17) is 11.6 Å². The van der Waals surface area contributed by atoms with Gasteiger partial charge in [-0.15, -0.1) is 11.6 Å². The molecule has 88 valence electrons. The highest BCUT2D eigenvalue weighted by molar-refractivity contribution is 6.17. The zero-order valence-corrected chi connectivity index (χ0v) is 10.6. The fourth-order valence-electron chi connectivity index (χ4n) is 2.49. The van der Waals surface area contributed by atoms with Crippen LogP contribution in [0.25, 0.3) is 0 Å². The lowest BCUT2D eigenvalue weighted by atomic mass is 9.94. The minimum Gasteiger partial charge on any atom is -0.356 e. The Kier molecular flexibility index (Phi) is 4.05. The lowest BCUT2D eigenvalue weighted by Crippen LogP contribution is -2.34. The van der Waals surface area contributed by atoms with Crippen LogP contribution in [0, 0.1) is 0 Å². The number of nitrogens with zero attached hydrogens (tertiary/aromatic N) is 2. The second kappa shape index (κ2) is 5.53. The van der Waals surface area contributed by atoms with Gasteiger partial charge in [-0.25, -0.2) is 4.98 Å². The molecular weight excluding hydrogens is 220 g/mol. The third kappa shape index (κ3) is 2.49. The average molecular weight is 239 g/mol. The quantitative estimate of drug-likeness (QED) is 0.749. The molecule has 1 saturated carbocycles. The van der Waals surface area contributed by atoms with Gasteiger partial charge < -0.3 is 4.90 Å². The molecule has 0 radical (unpaired) electrons. The monoisotopic (exact) mass is 238 g/mol. The lowest BCUT2D eigenvalue weighted by molar-refractivity contribution is 0.425. The van der Waals surface area contributed by atoms with E-state index < -0.39 is 0 Å². The van der Waals surface area contributed by atoms with Crippen LogP contribution in [0.5, 0.6) is 0 Å². The van der Waals surface area contributed by atoms with Gasteiger partial charge in [0.2, 0.25) is 0 Å². The molecule has 1 aromatic heterocycles. The van der Waals surface area contributed by atoms with Gasteiger partial charge in [0, 0.05) is 24.8 Å². The number of rotatable bonds is 3. The SMILES string of the molecule is CN(c1ncccc1CCl)C1CCCCC1. The van der Waals surface area contributed by atoms with Crippen LogP contribution in [0.15, 0.2) is 18.3 Å². The van der Waals surface area contributed by atoms with Gasteiger partial charge >= 0.3 is 0 Å². The molecule has 0 N–H and O–H groups in total. The van der Waals surface area contributed by atoms with Crippen molar-refractivity contribution in [3.05, 3.63) is 23.9 Å². The van der Waals surface area contributed by atoms with Gasteiger partial charge in [-0.3, -0.25) is 0 Å². The van der Waals surface area contributed by atoms with Crippen LogP contribution < -0.4 is 4.90 Å². The van der Waals surface area contributed by atoms with Gasteiger partial charge in [-0.05, 0) is 18.9 Å². The van der Waals surface area contributed by atoms with Gasteiger partial charge in [-0.1, -0.05) is 25.3 Å². The minimum absolute atomic E-state index is 0.542. The first-order chi connectivity index (χ1) is 7.83.